The van der Waals surface area contributed by atoms with Gasteiger partial charge >= 0.3 is 5.97 Å². The van der Waals surface area contributed by atoms with Crippen LogP contribution in [0.2, 0.25) is 0 Å². The van der Waals surface area contributed by atoms with E-state index in [0.717, 1.165) is 58.8 Å². The lowest BCUT2D eigenvalue weighted by atomic mass is 9.86. The predicted octanol–water partition coefficient (Wildman–Crippen LogP) is 3.83. The van der Waals surface area contributed by atoms with E-state index in [2.05, 4.69) is 64.4 Å². The SMILES string of the molecule is COC(=O)CC[C@@H]1CN(Cc2ccc(-c3ccccc3)cc2)CC[C@@H]1N1CCOCC1. The number of carbonyl (C=O) groups excluding carboxylic acids is 1. The maximum absolute atomic E-state index is 11.8. The molecule has 0 aliphatic carbocycles. The molecule has 5 nitrogen and oxygen atoms in total. The van der Waals surface area contributed by atoms with Crippen molar-refractivity contribution in [2.45, 2.75) is 31.8 Å². The third-order valence-electron chi connectivity index (χ3n) is 6.71. The number of morpholine rings is 1. The Morgan fingerprint density at radius 3 is 2.42 bits per heavy atom. The molecule has 2 aromatic carbocycles. The molecule has 2 aliphatic heterocycles. The number of methoxy groups -OCH3 is 1. The van der Waals surface area contributed by atoms with Crippen LogP contribution < -0.4 is 0 Å². The van der Waals surface area contributed by atoms with Crippen molar-refractivity contribution in [3.05, 3.63) is 60.2 Å². The van der Waals surface area contributed by atoms with E-state index in [0.29, 0.717) is 18.4 Å². The van der Waals surface area contributed by atoms with Crippen LogP contribution in [0.25, 0.3) is 11.1 Å². The van der Waals surface area contributed by atoms with Crippen molar-refractivity contribution >= 4 is 5.97 Å². The molecule has 0 bridgehead atoms. The van der Waals surface area contributed by atoms with Crippen LogP contribution in [0, 0.1) is 5.92 Å². The number of piperidine rings is 1. The number of nitrogens with zero attached hydrogens (tertiary/aromatic N) is 2. The molecule has 0 amide bonds. The van der Waals surface area contributed by atoms with Gasteiger partial charge in [0.2, 0.25) is 0 Å². The summed E-state index contributed by atoms with van der Waals surface area (Å²) >= 11 is 0. The average Bonchev–Trinajstić information content (AvgIpc) is 2.84. The smallest absolute Gasteiger partial charge is 0.305 e. The average molecular weight is 423 g/mol. The van der Waals surface area contributed by atoms with Crippen LogP contribution >= 0.6 is 0 Å². The van der Waals surface area contributed by atoms with E-state index < -0.39 is 0 Å². The van der Waals surface area contributed by atoms with Gasteiger partial charge in [-0.15, -0.1) is 0 Å². The fourth-order valence-corrected chi connectivity index (χ4v) is 5.01. The molecule has 2 fully saturated rings. The summed E-state index contributed by atoms with van der Waals surface area (Å²) in [5.74, 6) is 0.379. The summed E-state index contributed by atoms with van der Waals surface area (Å²) < 4.78 is 10.5. The number of ether oxygens (including phenoxy) is 2. The zero-order valence-corrected chi connectivity index (χ0v) is 18.5. The summed E-state index contributed by atoms with van der Waals surface area (Å²) in [5.41, 5.74) is 3.85. The summed E-state index contributed by atoms with van der Waals surface area (Å²) in [6.45, 7) is 6.71. The summed E-state index contributed by atoms with van der Waals surface area (Å²) in [4.78, 5) is 16.9. The number of likely N-dealkylation sites (tertiary alicyclic amines) is 1. The molecule has 4 rings (SSSR count). The first kappa shape index (κ1) is 22.0. The van der Waals surface area contributed by atoms with Crippen LogP contribution in [0.3, 0.4) is 0 Å². The van der Waals surface area contributed by atoms with Crippen molar-refractivity contribution in [3.8, 4) is 11.1 Å². The van der Waals surface area contributed by atoms with E-state index in [1.165, 1.54) is 23.8 Å². The minimum Gasteiger partial charge on any atom is -0.469 e. The molecule has 5 heteroatoms. The molecule has 0 saturated carbocycles. The molecule has 31 heavy (non-hydrogen) atoms. The van der Waals surface area contributed by atoms with E-state index in [4.69, 9.17) is 9.47 Å². The van der Waals surface area contributed by atoms with Crippen molar-refractivity contribution in [3.63, 3.8) is 0 Å². The van der Waals surface area contributed by atoms with Gasteiger partial charge in [-0.1, -0.05) is 54.6 Å². The Labute approximate surface area is 185 Å². The van der Waals surface area contributed by atoms with Crippen LogP contribution in [0.1, 0.15) is 24.8 Å². The molecule has 2 saturated heterocycles. The maximum atomic E-state index is 11.8. The highest BCUT2D eigenvalue weighted by molar-refractivity contribution is 5.69. The second-order valence-corrected chi connectivity index (χ2v) is 8.68. The number of hydrogen-bond donors (Lipinski definition) is 0. The molecule has 0 radical (unpaired) electrons. The minimum atomic E-state index is -0.102. The van der Waals surface area contributed by atoms with Gasteiger partial charge in [0.15, 0.2) is 0 Å². The van der Waals surface area contributed by atoms with Crippen LogP contribution in [-0.2, 0) is 20.8 Å². The van der Waals surface area contributed by atoms with Gasteiger partial charge in [-0.3, -0.25) is 14.6 Å². The molecule has 0 unspecified atom stereocenters. The van der Waals surface area contributed by atoms with E-state index in [1.54, 1.807) is 0 Å². The summed E-state index contributed by atoms with van der Waals surface area (Å²) in [6, 6.07) is 20.0. The van der Waals surface area contributed by atoms with Crippen LogP contribution in [0.15, 0.2) is 54.6 Å². The van der Waals surface area contributed by atoms with Gasteiger partial charge in [0.25, 0.3) is 0 Å². The molecule has 2 heterocycles. The third kappa shape index (κ3) is 5.94. The summed E-state index contributed by atoms with van der Waals surface area (Å²) in [6.07, 6.45) is 2.54. The number of carbonyl (C=O) groups is 1. The Bertz CT molecular complexity index is 818. The fraction of sp³-hybridized carbons (Fsp3) is 0.500. The maximum Gasteiger partial charge on any atom is 0.305 e. The van der Waals surface area contributed by atoms with Crippen molar-refractivity contribution < 1.29 is 14.3 Å². The van der Waals surface area contributed by atoms with E-state index in [1.807, 2.05) is 0 Å². The normalized spacial score (nSPS) is 22.9. The van der Waals surface area contributed by atoms with Gasteiger partial charge in [-0.2, -0.15) is 0 Å². The highest BCUT2D eigenvalue weighted by Crippen LogP contribution is 2.28. The highest BCUT2D eigenvalue weighted by atomic mass is 16.5. The van der Waals surface area contributed by atoms with Crippen molar-refractivity contribution in [2.75, 3.05) is 46.5 Å². The predicted molar refractivity (Wildman–Crippen MR) is 123 cm³/mol. The third-order valence-corrected chi connectivity index (χ3v) is 6.71. The second kappa shape index (κ2) is 10.9. The molecule has 2 atom stereocenters. The first-order chi connectivity index (χ1) is 15.2. The van der Waals surface area contributed by atoms with Gasteiger partial charge in [0.1, 0.15) is 0 Å². The highest BCUT2D eigenvalue weighted by Gasteiger charge is 2.34. The quantitative estimate of drug-likeness (QED) is 0.635. The second-order valence-electron chi connectivity index (χ2n) is 8.68. The van der Waals surface area contributed by atoms with Crippen molar-refractivity contribution in [2.24, 2.45) is 5.92 Å². The zero-order valence-electron chi connectivity index (χ0n) is 18.5. The first-order valence-electron chi connectivity index (χ1n) is 11.5. The summed E-state index contributed by atoms with van der Waals surface area (Å²) in [5, 5.41) is 0. The Morgan fingerprint density at radius 1 is 1.00 bits per heavy atom. The van der Waals surface area contributed by atoms with Gasteiger partial charge in [0, 0.05) is 38.6 Å². The number of esters is 1. The Balaban J connectivity index is 1.39. The van der Waals surface area contributed by atoms with Gasteiger partial charge < -0.3 is 9.47 Å². The van der Waals surface area contributed by atoms with Crippen molar-refractivity contribution in [1.82, 2.24) is 9.80 Å². The topological polar surface area (TPSA) is 42.0 Å². The summed E-state index contributed by atoms with van der Waals surface area (Å²) in [7, 11) is 1.48. The molecule has 0 N–H and O–H groups in total. The molecule has 2 aromatic rings. The first-order valence-corrected chi connectivity index (χ1v) is 11.5. The lowest BCUT2D eigenvalue weighted by Gasteiger charge is -2.45. The van der Waals surface area contributed by atoms with E-state index in [9.17, 15) is 4.79 Å². The van der Waals surface area contributed by atoms with Crippen LogP contribution in [0.5, 0.6) is 0 Å². The fourth-order valence-electron chi connectivity index (χ4n) is 5.01. The van der Waals surface area contributed by atoms with Crippen LogP contribution in [-0.4, -0.2) is 68.3 Å². The lowest BCUT2D eigenvalue weighted by molar-refractivity contribution is -0.141. The molecule has 166 valence electrons. The molecular weight excluding hydrogens is 388 g/mol. The number of hydrogen-bond acceptors (Lipinski definition) is 5. The number of benzene rings is 2. The van der Waals surface area contributed by atoms with Gasteiger partial charge in [0.05, 0.1) is 20.3 Å². The van der Waals surface area contributed by atoms with Crippen molar-refractivity contribution in [1.29, 1.82) is 0 Å². The monoisotopic (exact) mass is 422 g/mol. The largest absolute Gasteiger partial charge is 0.469 e. The lowest BCUT2D eigenvalue weighted by Crippen LogP contribution is -2.53. The van der Waals surface area contributed by atoms with Crippen LogP contribution in [0.4, 0.5) is 0 Å². The molecule has 2 aliphatic rings. The molecular formula is C26H34N2O3. The standard InChI is InChI=1S/C26H34N2O3/c1-30-26(29)12-11-24-20-27(14-13-25(24)28-15-17-31-18-16-28)19-21-7-9-23(10-8-21)22-5-3-2-4-6-22/h2-10,24-25H,11-20H2,1H3/t24-,25+/m1/s1. The zero-order chi connectivity index (χ0) is 21.5. The Kier molecular flexibility index (Phi) is 7.73. The minimum absolute atomic E-state index is 0.102. The van der Waals surface area contributed by atoms with E-state index in [-0.39, 0.29) is 5.97 Å². The Morgan fingerprint density at radius 2 is 1.71 bits per heavy atom. The van der Waals surface area contributed by atoms with Gasteiger partial charge in [-0.05, 0) is 42.0 Å². The molecule has 0 spiro atoms. The Hall–Kier alpha value is -2.21. The van der Waals surface area contributed by atoms with E-state index >= 15 is 0 Å². The van der Waals surface area contributed by atoms with Gasteiger partial charge in [-0.25, -0.2) is 0 Å². The molecule has 0 aromatic heterocycles. The number of rotatable bonds is 7.